The Balaban J connectivity index is 1.48. The Kier molecular flexibility index (Phi) is 3.03. The minimum atomic E-state index is 0.0950. The van der Waals surface area contributed by atoms with Crippen LogP contribution in [-0.2, 0) is 12.8 Å². The van der Waals surface area contributed by atoms with Gasteiger partial charge in [0.1, 0.15) is 5.75 Å². The highest BCUT2D eigenvalue weighted by atomic mass is 16.5. The van der Waals surface area contributed by atoms with Gasteiger partial charge in [-0.3, -0.25) is 4.79 Å². The third-order valence-electron chi connectivity index (χ3n) is 4.39. The van der Waals surface area contributed by atoms with Crippen molar-refractivity contribution in [3.63, 3.8) is 0 Å². The maximum absolute atomic E-state index is 12.6. The van der Waals surface area contributed by atoms with E-state index >= 15 is 0 Å². The van der Waals surface area contributed by atoms with Crippen molar-refractivity contribution in [2.24, 2.45) is 5.92 Å². The van der Waals surface area contributed by atoms with Crippen LogP contribution in [0.15, 0.2) is 48.5 Å². The van der Waals surface area contributed by atoms with Gasteiger partial charge in [-0.05, 0) is 61.1 Å². The molecule has 21 heavy (non-hydrogen) atoms. The standard InChI is InChI=1S/C19H18O2/c20-19(16-11-14-3-1-2-4-15(14)12-16)13-5-7-17(8-6-13)21-18-9-10-18/h1-8,16,18H,9-12H2. The molecule has 2 aliphatic carbocycles. The summed E-state index contributed by atoms with van der Waals surface area (Å²) in [4.78, 5) is 12.6. The molecule has 0 aromatic heterocycles. The molecule has 2 aliphatic rings. The molecule has 1 fully saturated rings. The van der Waals surface area contributed by atoms with Crippen molar-refractivity contribution >= 4 is 5.78 Å². The van der Waals surface area contributed by atoms with Gasteiger partial charge in [0.2, 0.25) is 0 Å². The molecule has 0 spiro atoms. The van der Waals surface area contributed by atoms with E-state index in [0.29, 0.717) is 6.10 Å². The van der Waals surface area contributed by atoms with Gasteiger partial charge >= 0.3 is 0 Å². The Morgan fingerprint density at radius 3 is 2.10 bits per heavy atom. The summed E-state index contributed by atoms with van der Waals surface area (Å²) in [7, 11) is 0. The van der Waals surface area contributed by atoms with Gasteiger partial charge < -0.3 is 4.74 Å². The SMILES string of the molecule is O=C(c1ccc(OC2CC2)cc1)C1Cc2ccccc2C1. The fourth-order valence-corrected chi connectivity index (χ4v) is 3.06. The Labute approximate surface area is 124 Å². The van der Waals surface area contributed by atoms with Gasteiger partial charge in [0, 0.05) is 11.5 Å². The van der Waals surface area contributed by atoms with Crippen LogP contribution >= 0.6 is 0 Å². The van der Waals surface area contributed by atoms with Gasteiger partial charge in [-0.1, -0.05) is 24.3 Å². The van der Waals surface area contributed by atoms with Crippen LogP contribution in [0.3, 0.4) is 0 Å². The van der Waals surface area contributed by atoms with Crippen molar-refractivity contribution in [1.82, 2.24) is 0 Å². The van der Waals surface area contributed by atoms with Crippen LogP contribution in [-0.4, -0.2) is 11.9 Å². The second-order valence-corrected chi connectivity index (χ2v) is 6.08. The molecule has 0 atom stereocenters. The van der Waals surface area contributed by atoms with Crippen LogP contribution in [0.25, 0.3) is 0 Å². The first-order valence-corrected chi connectivity index (χ1v) is 7.67. The summed E-state index contributed by atoms with van der Waals surface area (Å²) in [6.07, 6.45) is 4.45. The van der Waals surface area contributed by atoms with Gasteiger partial charge in [0.05, 0.1) is 6.10 Å². The predicted molar refractivity (Wildman–Crippen MR) is 81.8 cm³/mol. The Bertz CT molecular complexity index is 643. The molecule has 106 valence electrons. The molecule has 0 N–H and O–H groups in total. The van der Waals surface area contributed by atoms with Crippen molar-refractivity contribution < 1.29 is 9.53 Å². The summed E-state index contributed by atoms with van der Waals surface area (Å²) in [5.41, 5.74) is 3.45. The van der Waals surface area contributed by atoms with Crippen LogP contribution in [0.2, 0.25) is 0 Å². The summed E-state index contributed by atoms with van der Waals surface area (Å²) in [6.45, 7) is 0. The van der Waals surface area contributed by atoms with Gasteiger partial charge in [-0.25, -0.2) is 0 Å². The molecule has 1 saturated carbocycles. The third-order valence-corrected chi connectivity index (χ3v) is 4.39. The second kappa shape index (κ2) is 5.03. The van der Waals surface area contributed by atoms with Gasteiger partial charge in [-0.15, -0.1) is 0 Å². The highest BCUT2D eigenvalue weighted by Crippen LogP contribution is 2.30. The van der Waals surface area contributed by atoms with E-state index in [1.54, 1.807) is 0 Å². The van der Waals surface area contributed by atoms with E-state index in [-0.39, 0.29) is 11.7 Å². The Morgan fingerprint density at radius 2 is 1.52 bits per heavy atom. The minimum absolute atomic E-state index is 0.0950. The van der Waals surface area contributed by atoms with Crippen molar-refractivity contribution in [3.05, 3.63) is 65.2 Å². The molecule has 0 saturated heterocycles. The zero-order valence-corrected chi connectivity index (χ0v) is 11.9. The average molecular weight is 278 g/mol. The van der Waals surface area contributed by atoms with Crippen LogP contribution in [0, 0.1) is 5.92 Å². The minimum Gasteiger partial charge on any atom is -0.490 e. The first-order valence-electron chi connectivity index (χ1n) is 7.67. The molecule has 0 bridgehead atoms. The number of carbonyl (C=O) groups is 1. The first-order chi connectivity index (χ1) is 10.3. The highest BCUT2D eigenvalue weighted by Gasteiger charge is 2.28. The summed E-state index contributed by atoms with van der Waals surface area (Å²) in [5, 5.41) is 0. The van der Waals surface area contributed by atoms with Crippen molar-refractivity contribution in [2.75, 3.05) is 0 Å². The van der Waals surface area contributed by atoms with E-state index in [2.05, 4.69) is 24.3 Å². The van der Waals surface area contributed by atoms with E-state index in [1.165, 1.54) is 11.1 Å². The quantitative estimate of drug-likeness (QED) is 0.795. The number of ether oxygens (including phenoxy) is 1. The van der Waals surface area contributed by atoms with Crippen molar-refractivity contribution in [2.45, 2.75) is 31.8 Å². The van der Waals surface area contributed by atoms with Crippen LogP contribution < -0.4 is 4.74 Å². The fraction of sp³-hybridized carbons (Fsp3) is 0.316. The maximum atomic E-state index is 12.6. The van der Waals surface area contributed by atoms with Crippen LogP contribution in [0.1, 0.15) is 34.3 Å². The summed E-state index contributed by atoms with van der Waals surface area (Å²) in [6, 6.07) is 16.0. The number of Topliss-reactive ketones (excluding diaryl/α,β-unsaturated/α-hetero) is 1. The largest absolute Gasteiger partial charge is 0.490 e. The lowest BCUT2D eigenvalue weighted by Gasteiger charge is -2.09. The van der Waals surface area contributed by atoms with E-state index in [1.807, 2.05) is 24.3 Å². The molecule has 2 aromatic carbocycles. The molecule has 0 aliphatic heterocycles. The lowest BCUT2D eigenvalue weighted by atomic mass is 9.95. The summed E-state index contributed by atoms with van der Waals surface area (Å²) < 4.78 is 5.72. The monoisotopic (exact) mass is 278 g/mol. The summed E-state index contributed by atoms with van der Waals surface area (Å²) >= 11 is 0. The third kappa shape index (κ3) is 2.58. The zero-order valence-electron chi connectivity index (χ0n) is 11.9. The molecule has 2 heteroatoms. The molecular weight excluding hydrogens is 260 g/mol. The number of rotatable bonds is 4. The van der Waals surface area contributed by atoms with E-state index in [9.17, 15) is 4.79 Å². The molecule has 0 radical (unpaired) electrons. The van der Waals surface area contributed by atoms with Gasteiger partial charge in [0.25, 0.3) is 0 Å². The number of hydrogen-bond acceptors (Lipinski definition) is 2. The number of carbonyl (C=O) groups excluding carboxylic acids is 1. The second-order valence-electron chi connectivity index (χ2n) is 6.08. The van der Waals surface area contributed by atoms with E-state index < -0.39 is 0 Å². The lowest BCUT2D eigenvalue weighted by Crippen LogP contribution is -2.14. The maximum Gasteiger partial charge on any atom is 0.166 e. The van der Waals surface area contributed by atoms with Crippen molar-refractivity contribution in [1.29, 1.82) is 0 Å². The fourth-order valence-electron chi connectivity index (χ4n) is 3.06. The van der Waals surface area contributed by atoms with Crippen molar-refractivity contribution in [3.8, 4) is 5.75 Å². The molecule has 0 heterocycles. The summed E-state index contributed by atoms with van der Waals surface area (Å²) in [5.74, 6) is 1.23. The van der Waals surface area contributed by atoms with E-state index in [0.717, 1.165) is 37.0 Å². The van der Waals surface area contributed by atoms with Gasteiger partial charge in [0.15, 0.2) is 5.78 Å². The zero-order chi connectivity index (χ0) is 14.2. The van der Waals surface area contributed by atoms with E-state index in [4.69, 9.17) is 4.74 Å². The average Bonchev–Trinajstić information content (AvgIpc) is 3.22. The van der Waals surface area contributed by atoms with Crippen LogP contribution in [0.4, 0.5) is 0 Å². The predicted octanol–water partition coefficient (Wildman–Crippen LogP) is 3.83. The normalized spacial score (nSPS) is 17.5. The first kappa shape index (κ1) is 12.6. The topological polar surface area (TPSA) is 26.3 Å². The Morgan fingerprint density at radius 1 is 0.905 bits per heavy atom. The number of hydrogen-bond donors (Lipinski definition) is 0. The Hall–Kier alpha value is -2.09. The number of fused-ring (bicyclic) bond motifs is 1. The van der Waals surface area contributed by atoms with Crippen LogP contribution in [0.5, 0.6) is 5.75 Å². The smallest absolute Gasteiger partial charge is 0.166 e. The number of ketones is 1. The van der Waals surface area contributed by atoms with Gasteiger partial charge in [-0.2, -0.15) is 0 Å². The molecule has 2 nitrogen and oxygen atoms in total. The molecule has 0 unspecified atom stereocenters. The number of benzene rings is 2. The highest BCUT2D eigenvalue weighted by molar-refractivity contribution is 5.98. The molecule has 2 aromatic rings. The molecule has 4 rings (SSSR count). The lowest BCUT2D eigenvalue weighted by molar-refractivity contribution is 0.0924. The molecule has 0 amide bonds. The molecular formula is C19H18O2.